The Hall–Kier alpha value is -1.35. The molecule has 0 spiro atoms. The zero-order valence-corrected chi connectivity index (χ0v) is 11.7. The van der Waals surface area contributed by atoms with Gasteiger partial charge in [0.15, 0.2) is 0 Å². The quantitative estimate of drug-likeness (QED) is 0.879. The Morgan fingerprint density at radius 1 is 1.37 bits per heavy atom. The summed E-state index contributed by atoms with van der Waals surface area (Å²) in [6.07, 6.45) is 0. The lowest BCUT2D eigenvalue weighted by Gasteiger charge is -2.01. The molecule has 19 heavy (non-hydrogen) atoms. The second kappa shape index (κ2) is 5.33. The third kappa shape index (κ3) is 3.35. The number of sulfonamides is 1. The molecule has 0 unspecified atom stereocenters. The molecule has 0 radical (unpaired) electrons. The molecule has 2 heterocycles. The van der Waals surface area contributed by atoms with E-state index in [-0.39, 0.29) is 6.54 Å². The average Bonchev–Trinajstić information content (AvgIpc) is 2.95. The average molecular weight is 322 g/mol. The normalized spacial score (nSPS) is 11.6. The first-order valence-electron chi connectivity index (χ1n) is 4.95. The number of furan rings is 1. The van der Waals surface area contributed by atoms with Crippen LogP contribution in [0.2, 0.25) is 4.34 Å². The number of hydrogen-bond donors (Lipinski definition) is 2. The maximum Gasteiger partial charge on any atom is 0.371 e. The molecule has 0 saturated carbocycles. The number of nitrogens with one attached hydrogen (secondary N) is 1. The summed E-state index contributed by atoms with van der Waals surface area (Å²) in [7, 11) is -3.88. The highest BCUT2D eigenvalue weighted by Crippen LogP contribution is 2.22. The second-order valence-electron chi connectivity index (χ2n) is 3.45. The molecule has 0 saturated heterocycles. The number of thiophene rings is 1. The minimum atomic E-state index is -3.88. The summed E-state index contributed by atoms with van der Waals surface area (Å²) in [5.41, 5.74) is 0. The molecule has 0 aliphatic carbocycles. The van der Waals surface area contributed by atoms with Crippen LogP contribution in [0, 0.1) is 0 Å². The van der Waals surface area contributed by atoms with E-state index in [1.54, 1.807) is 12.1 Å². The molecule has 0 bridgehead atoms. The number of rotatable bonds is 5. The van der Waals surface area contributed by atoms with Gasteiger partial charge in [-0.3, -0.25) is 0 Å². The fourth-order valence-electron chi connectivity index (χ4n) is 1.26. The summed E-state index contributed by atoms with van der Waals surface area (Å²) in [5.74, 6) is -1.76. The van der Waals surface area contributed by atoms with Gasteiger partial charge in [-0.25, -0.2) is 17.9 Å². The summed E-state index contributed by atoms with van der Waals surface area (Å²) < 4.78 is 31.2. The Labute approximate surface area is 117 Å². The molecule has 9 heteroatoms. The van der Waals surface area contributed by atoms with Gasteiger partial charge in [0, 0.05) is 11.4 Å². The molecule has 102 valence electrons. The third-order valence-corrected chi connectivity index (χ3v) is 4.63. The second-order valence-corrected chi connectivity index (χ2v) is 6.95. The first-order valence-corrected chi connectivity index (χ1v) is 7.63. The molecule has 0 amide bonds. The van der Waals surface area contributed by atoms with E-state index >= 15 is 0 Å². The maximum absolute atomic E-state index is 11.8. The van der Waals surface area contributed by atoms with E-state index in [0.29, 0.717) is 4.34 Å². The lowest BCUT2D eigenvalue weighted by Crippen LogP contribution is -2.22. The first kappa shape index (κ1) is 14.1. The number of carboxylic acid groups (broad SMARTS) is 1. The Kier molecular flexibility index (Phi) is 3.95. The van der Waals surface area contributed by atoms with Crippen molar-refractivity contribution in [3.63, 3.8) is 0 Å². The summed E-state index contributed by atoms with van der Waals surface area (Å²) in [6, 6.07) is 5.53. The predicted octanol–water partition coefficient (Wildman–Crippen LogP) is 2.17. The Balaban J connectivity index is 2.11. The van der Waals surface area contributed by atoms with Crippen molar-refractivity contribution in [3.05, 3.63) is 39.2 Å². The van der Waals surface area contributed by atoms with Gasteiger partial charge in [-0.1, -0.05) is 11.6 Å². The largest absolute Gasteiger partial charge is 0.475 e. The SMILES string of the molecule is O=C(O)c1ccc(S(=O)(=O)NCc2ccc(Cl)s2)o1. The van der Waals surface area contributed by atoms with E-state index in [0.717, 1.165) is 17.0 Å². The molecule has 0 fully saturated rings. The maximum atomic E-state index is 11.8. The van der Waals surface area contributed by atoms with E-state index in [2.05, 4.69) is 4.72 Å². The van der Waals surface area contributed by atoms with Gasteiger partial charge >= 0.3 is 5.97 Å². The Morgan fingerprint density at radius 2 is 2.11 bits per heavy atom. The van der Waals surface area contributed by atoms with Crippen LogP contribution < -0.4 is 4.72 Å². The highest BCUT2D eigenvalue weighted by molar-refractivity contribution is 7.89. The molecule has 0 atom stereocenters. The van der Waals surface area contributed by atoms with Gasteiger partial charge in [-0.05, 0) is 24.3 Å². The standard InChI is InChI=1S/C10H8ClNO5S2/c11-8-3-1-6(18-8)5-12-19(15,16)9-4-2-7(17-9)10(13)14/h1-4,12H,5H2,(H,13,14). The lowest BCUT2D eigenvalue weighted by atomic mass is 10.5. The molecule has 2 rings (SSSR count). The molecular weight excluding hydrogens is 314 g/mol. The van der Waals surface area contributed by atoms with Crippen LogP contribution in [-0.2, 0) is 16.6 Å². The van der Waals surface area contributed by atoms with Gasteiger partial charge in [0.05, 0.1) is 4.34 Å². The fourth-order valence-corrected chi connectivity index (χ4v) is 3.32. The van der Waals surface area contributed by atoms with Crippen LogP contribution in [0.5, 0.6) is 0 Å². The van der Waals surface area contributed by atoms with Crippen LogP contribution in [0.3, 0.4) is 0 Å². The van der Waals surface area contributed by atoms with E-state index in [4.69, 9.17) is 21.1 Å². The summed E-state index contributed by atoms with van der Waals surface area (Å²) in [6.45, 7) is 0.0584. The fraction of sp³-hybridized carbons (Fsp3) is 0.100. The highest BCUT2D eigenvalue weighted by Gasteiger charge is 2.20. The number of aromatic carboxylic acids is 1. The zero-order chi connectivity index (χ0) is 14.0. The van der Waals surface area contributed by atoms with Gasteiger partial charge in [0.25, 0.3) is 10.0 Å². The van der Waals surface area contributed by atoms with Crippen LogP contribution in [0.15, 0.2) is 33.8 Å². The third-order valence-electron chi connectivity index (χ3n) is 2.12. The number of hydrogen-bond acceptors (Lipinski definition) is 5. The summed E-state index contributed by atoms with van der Waals surface area (Å²) >= 11 is 6.97. The number of carbonyl (C=O) groups is 1. The van der Waals surface area contributed by atoms with Crippen molar-refractivity contribution in [1.82, 2.24) is 4.72 Å². The van der Waals surface area contributed by atoms with Crippen molar-refractivity contribution >= 4 is 38.9 Å². The van der Waals surface area contributed by atoms with Crippen LogP contribution >= 0.6 is 22.9 Å². The lowest BCUT2D eigenvalue weighted by molar-refractivity contribution is 0.0656. The van der Waals surface area contributed by atoms with Crippen molar-refractivity contribution in [2.75, 3.05) is 0 Å². The van der Waals surface area contributed by atoms with E-state index in [1.807, 2.05) is 0 Å². The molecule has 0 aliphatic heterocycles. The van der Waals surface area contributed by atoms with Crippen LogP contribution in [0.4, 0.5) is 0 Å². The van der Waals surface area contributed by atoms with Gasteiger partial charge in [-0.2, -0.15) is 0 Å². The van der Waals surface area contributed by atoms with Gasteiger partial charge < -0.3 is 9.52 Å². The van der Waals surface area contributed by atoms with E-state index < -0.39 is 26.8 Å². The monoisotopic (exact) mass is 321 g/mol. The van der Waals surface area contributed by atoms with Gasteiger partial charge in [0.1, 0.15) is 0 Å². The zero-order valence-electron chi connectivity index (χ0n) is 9.29. The molecular formula is C10H8ClNO5S2. The van der Waals surface area contributed by atoms with Crippen LogP contribution in [0.25, 0.3) is 0 Å². The topological polar surface area (TPSA) is 96.6 Å². The molecule has 0 aliphatic rings. The van der Waals surface area contributed by atoms with Gasteiger partial charge in [-0.15, -0.1) is 11.3 Å². The minimum Gasteiger partial charge on any atom is -0.475 e. The van der Waals surface area contributed by atoms with Gasteiger partial charge in [0.2, 0.25) is 10.9 Å². The Morgan fingerprint density at radius 3 is 2.63 bits per heavy atom. The van der Waals surface area contributed by atoms with Crippen LogP contribution in [-0.4, -0.2) is 19.5 Å². The smallest absolute Gasteiger partial charge is 0.371 e. The molecule has 2 aromatic heterocycles. The minimum absolute atomic E-state index is 0.0584. The van der Waals surface area contributed by atoms with Crippen molar-refractivity contribution in [3.8, 4) is 0 Å². The van der Waals surface area contributed by atoms with E-state index in [1.165, 1.54) is 11.3 Å². The molecule has 6 nitrogen and oxygen atoms in total. The Bertz CT molecular complexity index is 703. The molecule has 2 N–H and O–H groups in total. The first-order chi connectivity index (χ1) is 8.88. The van der Waals surface area contributed by atoms with Crippen molar-refractivity contribution in [2.24, 2.45) is 0 Å². The summed E-state index contributed by atoms with van der Waals surface area (Å²) in [5, 5.41) is 8.22. The summed E-state index contributed by atoms with van der Waals surface area (Å²) in [4.78, 5) is 11.3. The number of halogens is 1. The van der Waals surface area contributed by atoms with Crippen molar-refractivity contribution < 1.29 is 22.7 Å². The van der Waals surface area contributed by atoms with Crippen LogP contribution in [0.1, 0.15) is 15.4 Å². The van der Waals surface area contributed by atoms with E-state index in [9.17, 15) is 13.2 Å². The number of carboxylic acids is 1. The molecule has 2 aromatic rings. The van der Waals surface area contributed by atoms with Crippen molar-refractivity contribution in [1.29, 1.82) is 0 Å². The highest BCUT2D eigenvalue weighted by atomic mass is 35.5. The van der Waals surface area contributed by atoms with Crippen molar-refractivity contribution in [2.45, 2.75) is 11.6 Å². The molecule has 0 aromatic carbocycles. The predicted molar refractivity (Wildman–Crippen MR) is 69.0 cm³/mol.